The van der Waals surface area contributed by atoms with Crippen LogP contribution in [0.1, 0.15) is 24.9 Å². The fraction of sp³-hybridized carbons (Fsp3) is 0.538. The van der Waals surface area contributed by atoms with Crippen LogP contribution < -0.4 is 5.32 Å². The van der Waals surface area contributed by atoms with Gasteiger partial charge in [0.05, 0.1) is 12.7 Å². The zero-order valence-corrected chi connectivity index (χ0v) is 10.0. The number of hydrogen-bond donors (Lipinski definition) is 2. The number of rotatable bonds is 7. The lowest BCUT2D eigenvalue weighted by atomic mass is 10.1. The predicted molar refractivity (Wildman–Crippen MR) is 65.4 cm³/mol. The van der Waals surface area contributed by atoms with Crippen molar-refractivity contribution < 1.29 is 9.84 Å². The van der Waals surface area contributed by atoms with Gasteiger partial charge in [0.15, 0.2) is 0 Å². The topological polar surface area (TPSA) is 41.5 Å². The second-order valence-corrected chi connectivity index (χ2v) is 3.98. The van der Waals surface area contributed by atoms with Gasteiger partial charge >= 0.3 is 0 Å². The maximum atomic E-state index is 9.47. The molecule has 0 spiro atoms. The quantitative estimate of drug-likeness (QED) is 0.739. The third-order valence-electron chi connectivity index (χ3n) is 2.59. The SMILES string of the molecule is COCC(O)CCNC(C)c1ccccc1. The summed E-state index contributed by atoms with van der Waals surface area (Å²) in [6.07, 6.45) is 0.339. The van der Waals surface area contributed by atoms with E-state index in [1.807, 2.05) is 18.2 Å². The molecule has 1 aromatic rings. The van der Waals surface area contributed by atoms with Gasteiger partial charge in [-0.2, -0.15) is 0 Å². The van der Waals surface area contributed by atoms with Crippen LogP contribution >= 0.6 is 0 Å². The van der Waals surface area contributed by atoms with Crippen LogP contribution in [0.25, 0.3) is 0 Å². The zero-order valence-electron chi connectivity index (χ0n) is 10.0. The van der Waals surface area contributed by atoms with E-state index >= 15 is 0 Å². The van der Waals surface area contributed by atoms with Crippen LogP contribution in [0.2, 0.25) is 0 Å². The highest BCUT2D eigenvalue weighted by Gasteiger charge is 2.06. The smallest absolute Gasteiger partial charge is 0.0785 e. The minimum atomic E-state index is -0.375. The van der Waals surface area contributed by atoms with Gasteiger partial charge in [-0.1, -0.05) is 30.3 Å². The van der Waals surface area contributed by atoms with Crippen molar-refractivity contribution in [3.05, 3.63) is 35.9 Å². The normalized spacial score (nSPS) is 14.7. The van der Waals surface area contributed by atoms with Crippen LogP contribution in [-0.4, -0.2) is 31.5 Å². The van der Waals surface area contributed by atoms with E-state index in [1.165, 1.54) is 5.56 Å². The average Bonchev–Trinajstić information content (AvgIpc) is 2.30. The van der Waals surface area contributed by atoms with Gasteiger partial charge in [-0.3, -0.25) is 0 Å². The third kappa shape index (κ3) is 4.75. The van der Waals surface area contributed by atoms with Gasteiger partial charge in [0.2, 0.25) is 0 Å². The van der Waals surface area contributed by atoms with Gasteiger partial charge < -0.3 is 15.2 Å². The van der Waals surface area contributed by atoms with Gasteiger partial charge in [0.1, 0.15) is 0 Å². The Hall–Kier alpha value is -0.900. The van der Waals surface area contributed by atoms with Crippen molar-refractivity contribution in [3.8, 4) is 0 Å². The molecule has 0 fully saturated rings. The summed E-state index contributed by atoms with van der Waals surface area (Å²) in [5, 5.41) is 12.8. The van der Waals surface area contributed by atoms with Crippen molar-refractivity contribution in [1.29, 1.82) is 0 Å². The summed E-state index contributed by atoms with van der Waals surface area (Å²) in [6, 6.07) is 10.6. The van der Waals surface area contributed by atoms with Crippen molar-refractivity contribution in [2.75, 3.05) is 20.3 Å². The summed E-state index contributed by atoms with van der Waals surface area (Å²) in [4.78, 5) is 0. The minimum Gasteiger partial charge on any atom is -0.391 e. The van der Waals surface area contributed by atoms with Crippen LogP contribution in [0.3, 0.4) is 0 Å². The van der Waals surface area contributed by atoms with E-state index in [2.05, 4.69) is 24.4 Å². The number of hydrogen-bond acceptors (Lipinski definition) is 3. The molecule has 0 heterocycles. The first-order chi connectivity index (χ1) is 7.74. The molecule has 0 aliphatic rings. The molecule has 3 heteroatoms. The van der Waals surface area contributed by atoms with Crippen molar-refractivity contribution in [2.45, 2.75) is 25.5 Å². The third-order valence-corrected chi connectivity index (χ3v) is 2.59. The number of methoxy groups -OCH3 is 1. The van der Waals surface area contributed by atoms with Gasteiger partial charge in [-0.15, -0.1) is 0 Å². The summed E-state index contributed by atoms with van der Waals surface area (Å²) in [7, 11) is 1.60. The molecular formula is C13H21NO2. The minimum absolute atomic E-state index is 0.316. The first kappa shape index (κ1) is 13.2. The molecule has 1 rings (SSSR count). The number of nitrogens with one attached hydrogen (secondary N) is 1. The largest absolute Gasteiger partial charge is 0.391 e. The van der Waals surface area contributed by atoms with Crippen LogP contribution in [0.4, 0.5) is 0 Å². The first-order valence-corrected chi connectivity index (χ1v) is 5.69. The van der Waals surface area contributed by atoms with E-state index in [0.29, 0.717) is 19.1 Å². The lowest BCUT2D eigenvalue weighted by Crippen LogP contribution is -2.25. The first-order valence-electron chi connectivity index (χ1n) is 5.69. The molecule has 0 aliphatic carbocycles. The molecule has 0 saturated heterocycles. The molecule has 2 N–H and O–H groups in total. The van der Waals surface area contributed by atoms with Crippen LogP contribution in [-0.2, 0) is 4.74 Å². The molecule has 0 aliphatic heterocycles. The molecule has 2 atom stereocenters. The summed E-state index contributed by atoms with van der Waals surface area (Å²) in [6.45, 7) is 3.32. The Morgan fingerprint density at radius 1 is 1.31 bits per heavy atom. The van der Waals surface area contributed by atoms with Crippen molar-refractivity contribution in [1.82, 2.24) is 5.32 Å². The second kappa shape index (κ2) is 7.39. The van der Waals surface area contributed by atoms with Crippen molar-refractivity contribution >= 4 is 0 Å². The molecule has 90 valence electrons. The second-order valence-electron chi connectivity index (χ2n) is 3.98. The fourth-order valence-electron chi connectivity index (χ4n) is 1.60. The standard InChI is InChI=1S/C13H21NO2/c1-11(12-6-4-3-5-7-12)14-9-8-13(15)10-16-2/h3-7,11,13-15H,8-10H2,1-2H3. The van der Waals surface area contributed by atoms with Gasteiger partial charge in [0.25, 0.3) is 0 Å². The fourth-order valence-corrected chi connectivity index (χ4v) is 1.60. The zero-order chi connectivity index (χ0) is 11.8. The van der Waals surface area contributed by atoms with E-state index in [4.69, 9.17) is 4.74 Å². The monoisotopic (exact) mass is 223 g/mol. The highest BCUT2D eigenvalue weighted by molar-refractivity contribution is 5.17. The Kier molecular flexibility index (Phi) is 6.08. The molecule has 3 nitrogen and oxygen atoms in total. The molecule has 0 amide bonds. The summed E-state index contributed by atoms with van der Waals surface area (Å²) >= 11 is 0. The van der Waals surface area contributed by atoms with Crippen LogP contribution in [0.5, 0.6) is 0 Å². The lowest BCUT2D eigenvalue weighted by molar-refractivity contribution is 0.0590. The molecular weight excluding hydrogens is 202 g/mol. The number of benzene rings is 1. The maximum absolute atomic E-state index is 9.47. The maximum Gasteiger partial charge on any atom is 0.0785 e. The average molecular weight is 223 g/mol. The molecule has 0 bridgehead atoms. The highest BCUT2D eigenvalue weighted by Crippen LogP contribution is 2.10. The Morgan fingerprint density at radius 2 is 2.00 bits per heavy atom. The lowest BCUT2D eigenvalue weighted by Gasteiger charge is -2.15. The summed E-state index contributed by atoms with van der Waals surface area (Å²) in [5.41, 5.74) is 1.27. The predicted octanol–water partition coefficient (Wildman–Crippen LogP) is 1.73. The van der Waals surface area contributed by atoms with Gasteiger partial charge in [-0.25, -0.2) is 0 Å². The molecule has 16 heavy (non-hydrogen) atoms. The number of aliphatic hydroxyl groups excluding tert-OH is 1. The van der Waals surface area contributed by atoms with Crippen LogP contribution in [0, 0.1) is 0 Å². The van der Waals surface area contributed by atoms with Gasteiger partial charge in [0, 0.05) is 13.2 Å². The van der Waals surface area contributed by atoms with Crippen LogP contribution in [0.15, 0.2) is 30.3 Å². The molecule has 0 aromatic heterocycles. The van der Waals surface area contributed by atoms with E-state index in [1.54, 1.807) is 7.11 Å². The molecule has 1 aromatic carbocycles. The van der Waals surface area contributed by atoms with E-state index < -0.39 is 0 Å². The van der Waals surface area contributed by atoms with E-state index in [-0.39, 0.29) is 6.10 Å². The van der Waals surface area contributed by atoms with Crippen molar-refractivity contribution in [3.63, 3.8) is 0 Å². The summed E-state index contributed by atoms with van der Waals surface area (Å²) < 4.78 is 4.87. The van der Waals surface area contributed by atoms with E-state index in [0.717, 1.165) is 6.54 Å². The molecule has 0 saturated carbocycles. The Morgan fingerprint density at radius 3 is 2.62 bits per heavy atom. The number of ether oxygens (including phenoxy) is 1. The molecule has 0 radical (unpaired) electrons. The number of aliphatic hydroxyl groups is 1. The Balaban J connectivity index is 2.23. The molecule has 2 unspecified atom stereocenters. The van der Waals surface area contributed by atoms with E-state index in [9.17, 15) is 5.11 Å². The summed E-state index contributed by atoms with van der Waals surface area (Å²) in [5.74, 6) is 0. The van der Waals surface area contributed by atoms with Gasteiger partial charge in [-0.05, 0) is 25.5 Å². The Bertz CT molecular complexity index is 277. The Labute approximate surface area is 97.4 Å². The highest BCUT2D eigenvalue weighted by atomic mass is 16.5. The van der Waals surface area contributed by atoms with Crippen molar-refractivity contribution in [2.24, 2.45) is 0 Å².